The normalized spacial score (nSPS) is 19.6. The molecule has 0 unspecified atom stereocenters. The van der Waals surface area contributed by atoms with E-state index in [1.807, 2.05) is 4.90 Å². The molecule has 0 aliphatic carbocycles. The molecule has 1 rings (SSSR count). The van der Waals surface area contributed by atoms with Gasteiger partial charge in [0.2, 0.25) is 0 Å². The number of rotatable bonds is 6. The molecule has 0 spiro atoms. The summed E-state index contributed by atoms with van der Waals surface area (Å²) in [4.78, 5) is 14.6. The van der Waals surface area contributed by atoms with E-state index in [1.54, 1.807) is 6.92 Å². The van der Waals surface area contributed by atoms with Gasteiger partial charge in [-0.3, -0.25) is 9.69 Å². The van der Waals surface area contributed by atoms with Crippen molar-refractivity contribution in [3.63, 3.8) is 0 Å². The van der Waals surface area contributed by atoms with Crippen molar-refractivity contribution in [2.75, 3.05) is 50.8 Å². The van der Waals surface area contributed by atoms with Crippen molar-refractivity contribution >= 4 is 15.8 Å². The molecule has 1 saturated heterocycles. The molecule has 0 radical (unpaired) electrons. The van der Waals surface area contributed by atoms with Crippen molar-refractivity contribution < 1.29 is 18.3 Å². The summed E-state index contributed by atoms with van der Waals surface area (Å²) in [6, 6.07) is 0. The first-order chi connectivity index (χ1) is 8.43. The Morgan fingerprint density at radius 1 is 1.17 bits per heavy atom. The average Bonchev–Trinajstić information content (AvgIpc) is 2.51. The Morgan fingerprint density at radius 3 is 2.39 bits per heavy atom. The van der Waals surface area contributed by atoms with Crippen LogP contribution in [0.5, 0.6) is 0 Å². The Hall–Kier alpha value is -0.660. The van der Waals surface area contributed by atoms with Crippen LogP contribution in [-0.4, -0.2) is 80.1 Å². The van der Waals surface area contributed by atoms with Gasteiger partial charge in [0, 0.05) is 31.9 Å². The van der Waals surface area contributed by atoms with Crippen LogP contribution >= 0.6 is 0 Å². The summed E-state index contributed by atoms with van der Waals surface area (Å²) >= 11 is 0. The molecule has 1 aliphatic heterocycles. The fourth-order valence-electron chi connectivity index (χ4n) is 2.01. The van der Waals surface area contributed by atoms with E-state index in [9.17, 15) is 13.2 Å². The number of carbonyl (C=O) groups is 1. The van der Waals surface area contributed by atoms with Gasteiger partial charge in [0.15, 0.2) is 9.84 Å². The molecular formula is C11H22N2O4S. The van der Waals surface area contributed by atoms with Crippen molar-refractivity contribution in [3.05, 3.63) is 0 Å². The van der Waals surface area contributed by atoms with Crippen LogP contribution in [0.15, 0.2) is 0 Å². The molecule has 1 heterocycles. The molecule has 1 fully saturated rings. The zero-order chi connectivity index (χ0) is 13.6. The topological polar surface area (TPSA) is 77.9 Å². The first-order valence-electron chi connectivity index (χ1n) is 6.30. The lowest BCUT2D eigenvalue weighted by Crippen LogP contribution is -2.35. The summed E-state index contributed by atoms with van der Waals surface area (Å²) in [6.07, 6.45) is 0.888. The first-order valence-corrected chi connectivity index (χ1v) is 8.12. The van der Waals surface area contributed by atoms with E-state index >= 15 is 0 Å². The van der Waals surface area contributed by atoms with Gasteiger partial charge in [-0.15, -0.1) is 0 Å². The molecule has 18 heavy (non-hydrogen) atoms. The van der Waals surface area contributed by atoms with Gasteiger partial charge in [0.25, 0.3) is 0 Å². The van der Waals surface area contributed by atoms with Crippen LogP contribution in [0.25, 0.3) is 0 Å². The summed E-state index contributed by atoms with van der Waals surface area (Å²) in [5, 5.41) is 8.73. The third-order valence-corrected chi connectivity index (χ3v) is 4.88. The number of sulfone groups is 1. The predicted octanol–water partition coefficient (Wildman–Crippen LogP) is -0.487. The summed E-state index contributed by atoms with van der Waals surface area (Å²) < 4.78 is 22.8. The standard InChI is InChI=1S/C11H22N2O4S/c1-2-18(16,17)9-8-12-4-3-5-13(7-6-12)10-11(14)15/h2-10H2,1H3,(H,14,15). The van der Waals surface area contributed by atoms with Crippen LogP contribution < -0.4 is 0 Å². The maximum Gasteiger partial charge on any atom is 0.317 e. The second-order valence-corrected chi connectivity index (χ2v) is 7.07. The summed E-state index contributed by atoms with van der Waals surface area (Å²) in [5.74, 6) is -0.425. The van der Waals surface area contributed by atoms with Crippen LogP contribution in [0.3, 0.4) is 0 Å². The molecular weight excluding hydrogens is 256 g/mol. The molecule has 0 aromatic rings. The maximum absolute atomic E-state index is 11.4. The number of carboxylic acids is 1. The van der Waals surface area contributed by atoms with Crippen molar-refractivity contribution in [1.82, 2.24) is 9.80 Å². The van der Waals surface area contributed by atoms with Crippen molar-refractivity contribution in [3.8, 4) is 0 Å². The highest BCUT2D eigenvalue weighted by atomic mass is 32.2. The zero-order valence-corrected chi connectivity index (χ0v) is 11.7. The molecule has 0 saturated carbocycles. The highest BCUT2D eigenvalue weighted by Crippen LogP contribution is 2.03. The number of carboxylic acid groups (broad SMARTS) is 1. The molecule has 0 aromatic heterocycles. The molecule has 1 aliphatic rings. The Labute approximate surface area is 108 Å². The molecule has 0 atom stereocenters. The lowest BCUT2D eigenvalue weighted by Gasteiger charge is -2.20. The van der Waals surface area contributed by atoms with Crippen molar-refractivity contribution in [2.45, 2.75) is 13.3 Å². The van der Waals surface area contributed by atoms with Gasteiger partial charge in [-0.2, -0.15) is 0 Å². The molecule has 1 N–H and O–H groups in total. The Kier molecular flexibility index (Phi) is 6.04. The largest absolute Gasteiger partial charge is 0.480 e. The van der Waals surface area contributed by atoms with Gasteiger partial charge < -0.3 is 10.0 Å². The number of hydrogen-bond donors (Lipinski definition) is 1. The van der Waals surface area contributed by atoms with Crippen LogP contribution in [0.4, 0.5) is 0 Å². The third kappa shape index (κ3) is 5.79. The zero-order valence-electron chi connectivity index (χ0n) is 10.8. The van der Waals surface area contributed by atoms with Gasteiger partial charge in [0.05, 0.1) is 12.3 Å². The van der Waals surface area contributed by atoms with Crippen molar-refractivity contribution in [1.29, 1.82) is 0 Å². The number of nitrogens with zero attached hydrogens (tertiary/aromatic N) is 2. The fraction of sp³-hybridized carbons (Fsp3) is 0.909. The highest BCUT2D eigenvalue weighted by Gasteiger charge is 2.18. The van der Waals surface area contributed by atoms with E-state index in [0.717, 1.165) is 26.1 Å². The molecule has 0 bridgehead atoms. The lowest BCUT2D eigenvalue weighted by molar-refractivity contribution is -0.138. The Bertz CT molecular complexity index is 369. The number of aliphatic carboxylic acids is 1. The van der Waals surface area contributed by atoms with Crippen molar-refractivity contribution in [2.24, 2.45) is 0 Å². The van der Waals surface area contributed by atoms with Crippen LogP contribution in [-0.2, 0) is 14.6 Å². The summed E-state index contributed by atoms with van der Waals surface area (Å²) in [7, 11) is -2.91. The maximum atomic E-state index is 11.4. The molecule has 0 amide bonds. The highest BCUT2D eigenvalue weighted by molar-refractivity contribution is 7.91. The molecule has 7 heteroatoms. The van der Waals surface area contributed by atoms with Gasteiger partial charge in [-0.25, -0.2) is 8.42 Å². The first kappa shape index (κ1) is 15.4. The van der Waals surface area contributed by atoms with Gasteiger partial charge in [0.1, 0.15) is 0 Å². The van der Waals surface area contributed by atoms with Gasteiger partial charge in [-0.1, -0.05) is 6.92 Å². The molecule has 106 valence electrons. The second-order valence-electron chi connectivity index (χ2n) is 4.60. The van der Waals surface area contributed by atoms with E-state index in [1.165, 1.54) is 0 Å². The fourth-order valence-corrected chi connectivity index (χ4v) is 2.83. The van der Waals surface area contributed by atoms with Gasteiger partial charge >= 0.3 is 5.97 Å². The molecule has 6 nitrogen and oxygen atoms in total. The van der Waals surface area contributed by atoms with Crippen LogP contribution in [0.1, 0.15) is 13.3 Å². The summed E-state index contributed by atoms with van der Waals surface area (Å²) in [6.45, 7) is 5.33. The van der Waals surface area contributed by atoms with E-state index in [2.05, 4.69) is 4.90 Å². The van der Waals surface area contributed by atoms with Crippen LogP contribution in [0, 0.1) is 0 Å². The SMILES string of the molecule is CCS(=O)(=O)CCN1CCCN(CC(=O)O)CC1. The lowest BCUT2D eigenvalue weighted by atomic mass is 10.4. The van der Waals surface area contributed by atoms with Crippen LogP contribution in [0.2, 0.25) is 0 Å². The number of hydrogen-bond acceptors (Lipinski definition) is 5. The van der Waals surface area contributed by atoms with E-state index in [-0.39, 0.29) is 18.1 Å². The third-order valence-electron chi connectivity index (χ3n) is 3.20. The molecule has 0 aromatic carbocycles. The second kappa shape index (κ2) is 7.06. The summed E-state index contributed by atoms with van der Waals surface area (Å²) in [5.41, 5.74) is 0. The average molecular weight is 278 g/mol. The smallest absolute Gasteiger partial charge is 0.317 e. The minimum atomic E-state index is -2.91. The Balaban J connectivity index is 2.36. The monoisotopic (exact) mass is 278 g/mol. The Morgan fingerprint density at radius 2 is 1.78 bits per heavy atom. The minimum absolute atomic E-state index is 0.0705. The van der Waals surface area contributed by atoms with Gasteiger partial charge in [-0.05, 0) is 13.0 Å². The van der Waals surface area contributed by atoms with E-state index < -0.39 is 15.8 Å². The minimum Gasteiger partial charge on any atom is -0.480 e. The predicted molar refractivity (Wildman–Crippen MR) is 69.5 cm³/mol. The van der Waals surface area contributed by atoms with E-state index in [4.69, 9.17) is 5.11 Å². The van der Waals surface area contributed by atoms with E-state index in [0.29, 0.717) is 13.1 Å². The quantitative estimate of drug-likeness (QED) is 0.706.